The molecule has 1 aromatic carbocycles. The van der Waals surface area contributed by atoms with Gasteiger partial charge in [0.1, 0.15) is 11.6 Å². The van der Waals surface area contributed by atoms with Gasteiger partial charge in [-0.3, -0.25) is 4.79 Å². The van der Waals surface area contributed by atoms with Crippen molar-refractivity contribution in [1.29, 1.82) is 0 Å². The van der Waals surface area contributed by atoms with Crippen molar-refractivity contribution in [2.45, 2.75) is 39.0 Å². The number of hydrogen-bond acceptors (Lipinski definition) is 2. The van der Waals surface area contributed by atoms with E-state index in [9.17, 15) is 9.18 Å². The molecular formula is C14H19ClFNO2. The van der Waals surface area contributed by atoms with Gasteiger partial charge < -0.3 is 10.5 Å². The third-order valence-electron chi connectivity index (χ3n) is 2.76. The fraction of sp³-hybridized carbons (Fsp3) is 0.500. The maximum Gasteiger partial charge on any atom is 0.222 e. The summed E-state index contributed by atoms with van der Waals surface area (Å²) >= 11 is 6.03. The fourth-order valence-electron chi connectivity index (χ4n) is 1.73. The normalized spacial score (nSPS) is 10.5. The first-order valence-corrected chi connectivity index (χ1v) is 6.82. The minimum absolute atomic E-state index is 0.0974. The average Bonchev–Trinajstić information content (AvgIpc) is 2.36. The van der Waals surface area contributed by atoms with E-state index in [4.69, 9.17) is 22.1 Å². The molecule has 0 aromatic heterocycles. The molecule has 0 heterocycles. The highest BCUT2D eigenvalue weighted by Gasteiger charge is 2.14. The van der Waals surface area contributed by atoms with Crippen LogP contribution in [0.1, 0.15) is 38.2 Å². The first kappa shape index (κ1) is 15.8. The molecule has 0 saturated carbocycles. The molecule has 0 radical (unpaired) electrons. The van der Waals surface area contributed by atoms with E-state index in [0.717, 1.165) is 25.7 Å². The lowest BCUT2D eigenvalue weighted by Gasteiger charge is -2.11. The number of nitrogens with two attached hydrogens (primary N) is 1. The first-order valence-electron chi connectivity index (χ1n) is 6.44. The number of benzene rings is 1. The van der Waals surface area contributed by atoms with Gasteiger partial charge in [-0.25, -0.2) is 4.39 Å². The summed E-state index contributed by atoms with van der Waals surface area (Å²) in [6.45, 7) is 2.66. The second kappa shape index (κ2) is 8.00. The van der Waals surface area contributed by atoms with Crippen LogP contribution in [0, 0.1) is 5.82 Å². The van der Waals surface area contributed by atoms with E-state index in [1.165, 1.54) is 12.1 Å². The Hall–Kier alpha value is -1.29. The number of ether oxygens (including phenoxy) is 1. The third-order valence-corrected chi connectivity index (χ3v) is 3.17. The zero-order valence-electron chi connectivity index (χ0n) is 11.0. The van der Waals surface area contributed by atoms with Crippen LogP contribution < -0.4 is 10.5 Å². The summed E-state index contributed by atoms with van der Waals surface area (Å²) in [5.74, 6) is -0.765. The van der Waals surface area contributed by atoms with Crippen molar-refractivity contribution < 1.29 is 13.9 Å². The van der Waals surface area contributed by atoms with Crippen LogP contribution in [0.15, 0.2) is 12.1 Å². The number of unbranched alkanes of at least 4 members (excludes halogenated alkanes) is 3. The van der Waals surface area contributed by atoms with Crippen molar-refractivity contribution in [3.8, 4) is 5.75 Å². The van der Waals surface area contributed by atoms with Crippen molar-refractivity contribution in [2.24, 2.45) is 5.73 Å². The van der Waals surface area contributed by atoms with Crippen molar-refractivity contribution >= 4 is 17.5 Å². The van der Waals surface area contributed by atoms with E-state index in [1.54, 1.807) is 0 Å². The summed E-state index contributed by atoms with van der Waals surface area (Å²) in [5, 5.41) is 0.134. The highest BCUT2D eigenvalue weighted by molar-refractivity contribution is 6.33. The predicted molar refractivity (Wildman–Crippen MR) is 73.9 cm³/mol. The van der Waals surface area contributed by atoms with Crippen LogP contribution in [0.25, 0.3) is 0 Å². The predicted octanol–water partition coefficient (Wildman–Crippen LogP) is 3.47. The third kappa shape index (κ3) is 5.07. The molecule has 106 valence electrons. The van der Waals surface area contributed by atoms with E-state index in [2.05, 4.69) is 6.92 Å². The van der Waals surface area contributed by atoms with E-state index in [1.807, 2.05) is 0 Å². The Morgan fingerprint density at radius 2 is 2.11 bits per heavy atom. The molecular weight excluding hydrogens is 269 g/mol. The van der Waals surface area contributed by atoms with E-state index < -0.39 is 11.7 Å². The molecule has 19 heavy (non-hydrogen) atoms. The summed E-state index contributed by atoms with van der Waals surface area (Å²) in [7, 11) is 0. The Kier molecular flexibility index (Phi) is 6.64. The second-order valence-corrected chi connectivity index (χ2v) is 4.77. The van der Waals surface area contributed by atoms with Gasteiger partial charge in [0.25, 0.3) is 0 Å². The number of primary amides is 1. The fourth-order valence-corrected chi connectivity index (χ4v) is 2.01. The summed E-state index contributed by atoms with van der Waals surface area (Å²) in [6.07, 6.45) is 4.10. The Balaban J connectivity index is 2.66. The van der Waals surface area contributed by atoms with Gasteiger partial charge in [0, 0.05) is 5.56 Å². The molecule has 0 spiro atoms. The van der Waals surface area contributed by atoms with Gasteiger partial charge in [0.2, 0.25) is 5.91 Å². The number of rotatable bonds is 8. The van der Waals surface area contributed by atoms with Crippen molar-refractivity contribution in [2.75, 3.05) is 6.61 Å². The second-order valence-electron chi connectivity index (χ2n) is 4.39. The van der Waals surface area contributed by atoms with Gasteiger partial charge in [-0.1, -0.05) is 37.8 Å². The average molecular weight is 288 g/mol. The number of halogens is 2. The molecule has 0 aliphatic heterocycles. The van der Waals surface area contributed by atoms with Gasteiger partial charge in [-0.2, -0.15) is 0 Å². The Morgan fingerprint density at radius 1 is 1.37 bits per heavy atom. The van der Waals surface area contributed by atoms with Crippen molar-refractivity contribution in [3.63, 3.8) is 0 Å². The van der Waals surface area contributed by atoms with Gasteiger partial charge in [0.15, 0.2) is 0 Å². The summed E-state index contributed by atoms with van der Waals surface area (Å²) < 4.78 is 19.0. The van der Waals surface area contributed by atoms with Gasteiger partial charge in [-0.05, 0) is 18.6 Å². The smallest absolute Gasteiger partial charge is 0.222 e. The Bertz CT molecular complexity index is 438. The molecule has 0 saturated heterocycles. The molecule has 1 amide bonds. The van der Waals surface area contributed by atoms with Crippen LogP contribution in [-0.4, -0.2) is 12.5 Å². The molecule has 0 atom stereocenters. The molecule has 0 aliphatic rings. The lowest BCUT2D eigenvalue weighted by molar-refractivity contribution is -0.117. The quantitative estimate of drug-likeness (QED) is 0.744. The molecule has 0 bridgehead atoms. The van der Waals surface area contributed by atoms with Gasteiger partial charge in [0.05, 0.1) is 18.1 Å². The molecule has 1 aromatic rings. The van der Waals surface area contributed by atoms with Crippen LogP contribution in [-0.2, 0) is 11.2 Å². The number of carbonyl (C=O) groups is 1. The molecule has 0 unspecified atom stereocenters. The lowest BCUT2D eigenvalue weighted by atomic mass is 10.1. The van der Waals surface area contributed by atoms with Crippen LogP contribution in [0.4, 0.5) is 4.39 Å². The lowest BCUT2D eigenvalue weighted by Crippen LogP contribution is -2.15. The summed E-state index contributed by atoms with van der Waals surface area (Å²) in [5.41, 5.74) is 5.16. The first-order chi connectivity index (χ1) is 9.06. The highest BCUT2D eigenvalue weighted by Crippen LogP contribution is 2.30. The SMILES string of the molecule is CCCCCCOc1ccc(F)c(CC(N)=O)c1Cl. The molecule has 2 N–H and O–H groups in total. The standard InChI is InChI=1S/C14H19ClFNO2/c1-2-3-4-5-8-19-12-7-6-11(16)10(14(12)15)9-13(17)18/h6-7H,2-5,8-9H2,1H3,(H2,17,18). The zero-order chi connectivity index (χ0) is 14.3. The van der Waals surface area contributed by atoms with Crippen LogP contribution in [0.5, 0.6) is 5.75 Å². The van der Waals surface area contributed by atoms with Gasteiger partial charge >= 0.3 is 0 Å². The van der Waals surface area contributed by atoms with Gasteiger partial charge in [-0.15, -0.1) is 0 Å². The van der Waals surface area contributed by atoms with E-state index in [-0.39, 0.29) is 17.0 Å². The minimum Gasteiger partial charge on any atom is -0.492 e. The molecule has 1 rings (SSSR count). The topological polar surface area (TPSA) is 52.3 Å². The number of amides is 1. The Morgan fingerprint density at radius 3 is 2.74 bits per heavy atom. The summed E-state index contributed by atoms with van der Waals surface area (Å²) in [4.78, 5) is 10.9. The zero-order valence-corrected chi connectivity index (χ0v) is 11.8. The van der Waals surface area contributed by atoms with Crippen molar-refractivity contribution in [3.05, 3.63) is 28.5 Å². The van der Waals surface area contributed by atoms with Crippen LogP contribution in [0.2, 0.25) is 5.02 Å². The maximum atomic E-state index is 13.5. The maximum absolute atomic E-state index is 13.5. The largest absolute Gasteiger partial charge is 0.492 e. The molecule has 0 fully saturated rings. The molecule has 3 nitrogen and oxygen atoms in total. The number of carbonyl (C=O) groups excluding carboxylic acids is 1. The van der Waals surface area contributed by atoms with Crippen molar-refractivity contribution in [1.82, 2.24) is 0 Å². The number of hydrogen-bond donors (Lipinski definition) is 1. The molecule has 0 aliphatic carbocycles. The van der Waals surface area contributed by atoms with E-state index >= 15 is 0 Å². The minimum atomic E-state index is -0.624. The Labute approximate surface area is 117 Å². The summed E-state index contributed by atoms with van der Waals surface area (Å²) in [6, 6.07) is 2.72. The van der Waals surface area contributed by atoms with Crippen LogP contribution >= 0.6 is 11.6 Å². The van der Waals surface area contributed by atoms with E-state index in [0.29, 0.717) is 12.4 Å². The molecule has 5 heteroatoms. The highest BCUT2D eigenvalue weighted by atomic mass is 35.5. The monoisotopic (exact) mass is 287 g/mol. The van der Waals surface area contributed by atoms with Crippen LogP contribution in [0.3, 0.4) is 0 Å².